The Kier molecular flexibility index (Phi) is 4.97. The summed E-state index contributed by atoms with van der Waals surface area (Å²) in [4.78, 5) is 22.8. The van der Waals surface area contributed by atoms with Crippen molar-refractivity contribution >= 4 is 23.5 Å². The van der Waals surface area contributed by atoms with Crippen molar-refractivity contribution in [3.05, 3.63) is 35.4 Å². The fourth-order valence-corrected chi connectivity index (χ4v) is 1.44. The molecule has 1 N–H and O–H groups in total. The number of alkyl halides is 1. The first-order chi connectivity index (χ1) is 8.08. The van der Waals surface area contributed by atoms with Crippen molar-refractivity contribution in [1.82, 2.24) is 5.32 Å². The number of hydrogen-bond donors (Lipinski definition) is 1. The predicted octanol–water partition coefficient (Wildman–Crippen LogP) is 1.72. The Morgan fingerprint density at radius 3 is 2.41 bits per heavy atom. The molecule has 0 saturated carbocycles. The van der Waals surface area contributed by atoms with Crippen LogP contribution in [-0.2, 0) is 15.4 Å². The Bertz CT molecular complexity index is 403. The fraction of sp³-hybridized carbons (Fsp3) is 0.333. The average Bonchev–Trinajstić information content (AvgIpc) is 2.37. The number of hydrogen-bond acceptors (Lipinski definition) is 3. The van der Waals surface area contributed by atoms with Gasteiger partial charge in [0.2, 0.25) is 0 Å². The van der Waals surface area contributed by atoms with E-state index in [1.165, 1.54) is 7.11 Å². The van der Waals surface area contributed by atoms with Crippen molar-refractivity contribution in [2.75, 3.05) is 7.11 Å². The van der Waals surface area contributed by atoms with E-state index in [9.17, 15) is 9.59 Å². The van der Waals surface area contributed by atoms with E-state index in [0.717, 1.165) is 5.56 Å². The van der Waals surface area contributed by atoms with Gasteiger partial charge in [-0.1, -0.05) is 12.1 Å². The lowest BCUT2D eigenvalue weighted by Crippen LogP contribution is -2.39. The summed E-state index contributed by atoms with van der Waals surface area (Å²) in [5, 5.41) is 2.54. The number of carbonyl (C=O) groups excluding carboxylic acids is 2. The van der Waals surface area contributed by atoms with Crippen LogP contribution in [0.25, 0.3) is 0 Å². The second-order valence-corrected chi connectivity index (χ2v) is 3.82. The molecule has 0 aromatic heterocycles. The predicted molar refractivity (Wildman–Crippen MR) is 64.9 cm³/mol. The summed E-state index contributed by atoms with van der Waals surface area (Å²) in [5.74, 6) is -0.389. The summed E-state index contributed by atoms with van der Waals surface area (Å²) >= 11 is 5.64. The van der Waals surface area contributed by atoms with Crippen LogP contribution in [0.5, 0.6) is 0 Å². The van der Waals surface area contributed by atoms with Crippen molar-refractivity contribution in [2.24, 2.45) is 0 Å². The SMILES string of the molecule is COC(=O)[C@H](C)NC(=O)c1ccc(CCl)cc1. The Hall–Kier alpha value is -1.55. The van der Waals surface area contributed by atoms with Crippen LogP contribution in [0.15, 0.2) is 24.3 Å². The molecule has 0 heterocycles. The van der Waals surface area contributed by atoms with Crippen LogP contribution < -0.4 is 5.32 Å². The summed E-state index contributed by atoms with van der Waals surface area (Å²) in [6, 6.07) is 6.20. The van der Waals surface area contributed by atoms with E-state index in [-0.39, 0.29) is 5.91 Å². The first-order valence-electron chi connectivity index (χ1n) is 5.12. The minimum Gasteiger partial charge on any atom is -0.467 e. The number of halogens is 1. The average molecular weight is 256 g/mol. The highest BCUT2D eigenvalue weighted by atomic mass is 35.5. The molecule has 0 unspecified atom stereocenters. The van der Waals surface area contributed by atoms with Gasteiger partial charge in [-0.2, -0.15) is 0 Å². The molecule has 4 nitrogen and oxygen atoms in total. The van der Waals surface area contributed by atoms with Gasteiger partial charge in [0.05, 0.1) is 7.11 Å². The van der Waals surface area contributed by atoms with E-state index in [4.69, 9.17) is 11.6 Å². The smallest absolute Gasteiger partial charge is 0.328 e. The van der Waals surface area contributed by atoms with Gasteiger partial charge in [0.1, 0.15) is 6.04 Å². The maximum Gasteiger partial charge on any atom is 0.328 e. The van der Waals surface area contributed by atoms with Gasteiger partial charge in [0.15, 0.2) is 0 Å². The minimum absolute atomic E-state index is 0.316. The molecule has 1 aromatic rings. The zero-order valence-electron chi connectivity index (χ0n) is 9.70. The summed E-state index contributed by atoms with van der Waals surface area (Å²) in [6.45, 7) is 1.57. The molecule has 0 aliphatic heterocycles. The lowest BCUT2D eigenvalue weighted by molar-refractivity contribution is -0.142. The monoisotopic (exact) mass is 255 g/mol. The Labute approximate surface area is 105 Å². The number of ether oxygens (including phenoxy) is 1. The topological polar surface area (TPSA) is 55.4 Å². The maximum atomic E-state index is 11.7. The van der Waals surface area contributed by atoms with Crippen molar-refractivity contribution in [2.45, 2.75) is 18.8 Å². The zero-order chi connectivity index (χ0) is 12.8. The van der Waals surface area contributed by atoms with E-state index < -0.39 is 12.0 Å². The standard InChI is InChI=1S/C12H14ClNO3/c1-8(12(16)17-2)14-11(15)10-5-3-9(7-13)4-6-10/h3-6,8H,7H2,1-2H3,(H,14,15)/t8-/m0/s1. The first-order valence-corrected chi connectivity index (χ1v) is 5.65. The number of amides is 1. The molecule has 0 spiro atoms. The molecule has 0 aliphatic rings. The Morgan fingerprint density at radius 2 is 1.94 bits per heavy atom. The normalized spacial score (nSPS) is 11.7. The van der Waals surface area contributed by atoms with Crippen molar-refractivity contribution in [1.29, 1.82) is 0 Å². The highest BCUT2D eigenvalue weighted by molar-refractivity contribution is 6.17. The molecule has 5 heteroatoms. The fourth-order valence-electron chi connectivity index (χ4n) is 1.26. The molecule has 0 radical (unpaired) electrons. The van der Waals surface area contributed by atoms with Gasteiger partial charge >= 0.3 is 5.97 Å². The molecule has 1 amide bonds. The number of benzene rings is 1. The number of nitrogens with one attached hydrogen (secondary N) is 1. The molecule has 17 heavy (non-hydrogen) atoms. The van der Waals surface area contributed by atoms with Crippen LogP contribution in [0.3, 0.4) is 0 Å². The second kappa shape index (κ2) is 6.25. The summed E-state index contributed by atoms with van der Waals surface area (Å²) in [6.07, 6.45) is 0. The van der Waals surface area contributed by atoms with Crippen LogP contribution in [0, 0.1) is 0 Å². The third-order valence-electron chi connectivity index (χ3n) is 2.27. The lowest BCUT2D eigenvalue weighted by atomic mass is 10.1. The van der Waals surface area contributed by atoms with E-state index >= 15 is 0 Å². The van der Waals surface area contributed by atoms with Crippen LogP contribution >= 0.6 is 11.6 Å². The highest BCUT2D eigenvalue weighted by Gasteiger charge is 2.16. The van der Waals surface area contributed by atoms with E-state index in [1.54, 1.807) is 31.2 Å². The number of methoxy groups -OCH3 is 1. The molecule has 92 valence electrons. The van der Waals surface area contributed by atoms with Gasteiger partial charge in [-0.3, -0.25) is 4.79 Å². The number of carbonyl (C=O) groups is 2. The molecule has 0 aliphatic carbocycles. The zero-order valence-corrected chi connectivity index (χ0v) is 10.5. The van der Waals surface area contributed by atoms with Crippen molar-refractivity contribution in [3.8, 4) is 0 Å². The largest absolute Gasteiger partial charge is 0.467 e. The van der Waals surface area contributed by atoms with Gasteiger partial charge in [0, 0.05) is 11.4 Å². The summed E-state index contributed by atoms with van der Waals surface area (Å²) < 4.78 is 4.51. The molecule has 0 bridgehead atoms. The van der Waals surface area contributed by atoms with Gasteiger partial charge < -0.3 is 10.1 Å². The lowest BCUT2D eigenvalue weighted by Gasteiger charge is -2.11. The third kappa shape index (κ3) is 3.75. The van der Waals surface area contributed by atoms with Crippen molar-refractivity contribution in [3.63, 3.8) is 0 Å². The highest BCUT2D eigenvalue weighted by Crippen LogP contribution is 2.07. The van der Waals surface area contributed by atoms with Crippen molar-refractivity contribution < 1.29 is 14.3 Å². The number of rotatable bonds is 4. The van der Waals surface area contributed by atoms with Gasteiger partial charge in [-0.15, -0.1) is 11.6 Å². The quantitative estimate of drug-likeness (QED) is 0.658. The maximum absolute atomic E-state index is 11.7. The van der Waals surface area contributed by atoms with Crippen LogP contribution in [-0.4, -0.2) is 25.0 Å². The molecule has 0 fully saturated rings. The first kappa shape index (κ1) is 13.5. The van der Waals surface area contributed by atoms with Gasteiger partial charge in [-0.25, -0.2) is 4.79 Å². The van der Waals surface area contributed by atoms with E-state index in [0.29, 0.717) is 11.4 Å². The van der Waals surface area contributed by atoms with Crippen LogP contribution in [0.2, 0.25) is 0 Å². The Morgan fingerprint density at radius 1 is 1.35 bits per heavy atom. The van der Waals surface area contributed by atoms with Gasteiger partial charge in [-0.05, 0) is 24.6 Å². The van der Waals surface area contributed by atoms with E-state index in [1.807, 2.05) is 0 Å². The van der Waals surface area contributed by atoms with E-state index in [2.05, 4.69) is 10.1 Å². The Balaban J connectivity index is 2.66. The molecular formula is C12H14ClNO3. The van der Waals surface area contributed by atoms with Crippen LogP contribution in [0.1, 0.15) is 22.8 Å². The number of esters is 1. The molecule has 0 saturated heterocycles. The van der Waals surface area contributed by atoms with Gasteiger partial charge in [0.25, 0.3) is 5.91 Å². The molecular weight excluding hydrogens is 242 g/mol. The molecule has 1 rings (SSSR count). The molecule has 1 atom stereocenters. The minimum atomic E-state index is -0.666. The third-order valence-corrected chi connectivity index (χ3v) is 2.58. The summed E-state index contributed by atoms with van der Waals surface area (Å²) in [7, 11) is 1.28. The summed E-state index contributed by atoms with van der Waals surface area (Å²) in [5.41, 5.74) is 1.42. The van der Waals surface area contributed by atoms with Crippen LogP contribution in [0.4, 0.5) is 0 Å². The second-order valence-electron chi connectivity index (χ2n) is 3.55. The molecule has 1 aromatic carbocycles.